The summed E-state index contributed by atoms with van der Waals surface area (Å²) in [5.41, 5.74) is 8.47. The average molecular weight is 564 g/mol. The first-order valence-electron chi connectivity index (χ1n) is 14.0. The van der Waals surface area contributed by atoms with E-state index in [1.165, 1.54) is 0 Å². The van der Waals surface area contributed by atoms with Crippen molar-refractivity contribution in [3.63, 3.8) is 0 Å². The number of benzene rings is 2. The lowest BCUT2D eigenvalue weighted by Gasteiger charge is -2.28. The van der Waals surface area contributed by atoms with Crippen molar-refractivity contribution in [1.82, 2.24) is 20.9 Å². The number of carbonyl (C=O) groups excluding carboxylic acids is 3. The first-order chi connectivity index (χ1) is 19.5. The third-order valence-electron chi connectivity index (χ3n) is 7.44. The van der Waals surface area contributed by atoms with E-state index < -0.39 is 47.9 Å². The topological polar surface area (TPSA) is 166 Å². The molecule has 3 aromatic rings. The van der Waals surface area contributed by atoms with Gasteiger partial charge in [0.05, 0.1) is 6.04 Å². The lowest BCUT2D eigenvalue weighted by Crippen LogP contribution is -2.59. The molecular weight excluding hydrogens is 522 g/mol. The number of nitrogens with two attached hydrogens (primary N) is 1. The molecule has 10 nitrogen and oxygen atoms in total. The maximum atomic E-state index is 13.6. The van der Waals surface area contributed by atoms with Crippen LogP contribution in [0, 0.1) is 11.8 Å². The van der Waals surface area contributed by atoms with Gasteiger partial charge in [-0.25, -0.2) is 4.79 Å². The van der Waals surface area contributed by atoms with E-state index in [0.717, 1.165) is 22.0 Å². The van der Waals surface area contributed by atoms with Gasteiger partial charge in [-0.1, -0.05) is 82.6 Å². The van der Waals surface area contributed by atoms with E-state index in [1.807, 2.05) is 75.4 Å². The minimum absolute atomic E-state index is 0.0615. The first kappa shape index (κ1) is 31.3. The summed E-state index contributed by atoms with van der Waals surface area (Å²) >= 11 is 0. The Hall–Kier alpha value is -4.18. The van der Waals surface area contributed by atoms with Crippen LogP contribution in [0.5, 0.6) is 0 Å². The smallest absolute Gasteiger partial charge is 0.326 e. The highest BCUT2D eigenvalue weighted by molar-refractivity contribution is 5.94. The van der Waals surface area contributed by atoms with Crippen molar-refractivity contribution in [2.75, 3.05) is 0 Å². The van der Waals surface area contributed by atoms with Crippen molar-refractivity contribution in [3.05, 3.63) is 71.9 Å². The molecule has 5 atom stereocenters. The van der Waals surface area contributed by atoms with Crippen LogP contribution < -0.4 is 21.7 Å². The van der Waals surface area contributed by atoms with Crippen molar-refractivity contribution < 1.29 is 24.3 Å². The number of nitrogens with one attached hydrogen (secondary N) is 4. The summed E-state index contributed by atoms with van der Waals surface area (Å²) < 4.78 is 0. The second kappa shape index (κ2) is 14.5. The number of hydrogen-bond donors (Lipinski definition) is 6. The van der Waals surface area contributed by atoms with Crippen molar-refractivity contribution in [2.45, 2.75) is 71.1 Å². The zero-order valence-corrected chi connectivity index (χ0v) is 24.0. The number of H-pyrrole nitrogens is 1. The molecule has 0 spiro atoms. The molecule has 3 amide bonds. The number of rotatable bonds is 14. The lowest BCUT2D eigenvalue weighted by atomic mass is 9.96. The zero-order chi connectivity index (χ0) is 30.1. The predicted octanol–water partition coefficient (Wildman–Crippen LogP) is 2.52. The summed E-state index contributed by atoms with van der Waals surface area (Å²) in [7, 11) is 0. The Morgan fingerprint density at radius 3 is 2.10 bits per heavy atom. The fraction of sp³-hybridized carbons (Fsp3) is 0.419. The Kier molecular flexibility index (Phi) is 11.0. The molecular formula is C31H41N5O5. The van der Waals surface area contributed by atoms with Gasteiger partial charge in [-0.2, -0.15) is 0 Å². The first-order valence-corrected chi connectivity index (χ1v) is 14.0. The number of carbonyl (C=O) groups is 4. The van der Waals surface area contributed by atoms with E-state index >= 15 is 0 Å². The molecule has 10 heteroatoms. The Morgan fingerprint density at radius 1 is 0.829 bits per heavy atom. The summed E-state index contributed by atoms with van der Waals surface area (Å²) in [5, 5.41) is 19.0. The molecule has 5 unspecified atom stereocenters. The van der Waals surface area contributed by atoms with Crippen molar-refractivity contribution in [3.8, 4) is 0 Å². The highest BCUT2D eigenvalue weighted by Gasteiger charge is 2.33. The average Bonchev–Trinajstić information content (AvgIpc) is 3.37. The van der Waals surface area contributed by atoms with E-state index in [-0.39, 0.29) is 24.7 Å². The summed E-state index contributed by atoms with van der Waals surface area (Å²) in [6, 6.07) is 12.7. The molecule has 220 valence electrons. The minimum Gasteiger partial charge on any atom is -0.480 e. The molecule has 0 fully saturated rings. The molecule has 1 heterocycles. The standard InChI is InChI=1S/C31H41N5O5/c1-5-19(4)27(30(39)35-25(31(40)41)16-21-17-33-23-14-10-9-13-22(21)23)36-28(37)24(15-20-11-7-6-8-12-20)34-29(38)26(32)18(2)3/h6-14,17-19,24-27,33H,5,15-16,32H2,1-4H3,(H,34,38)(H,35,39)(H,36,37)(H,40,41). The van der Waals surface area contributed by atoms with Gasteiger partial charge in [0.2, 0.25) is 17.7 Å². The minimum atomic E-state index is -1.21. The predicted molar refractivity (Wildman–Crippen MR) is 158 cm³/mol. The second-order valence-electron chi connectivity index (χ2n) is 10.9. The highest BCUT2D eigenvalue weighted by Crippen LogP contribution is 2.19. The van der Waals surface area contributed by atoms with E-state index in [1.54, 1.807) is 13.1 Å². The number of aromatic amines is 1. The molecule has 41 heavy (non-hydrogen) atoms. The molecule has 0 saturated heterocycles. The number of fused-ring (bicyclic) bond motifs is 1. The third-order valence-corrected chi connectivity index (χ3v) is 7.44. The Morgan fingerprint density at radius 2 is 1.46 bits per heavy atom. The van der Waals surface area contributed by atoms with Crippen LogP contribution in [0.25, 0.3) is 10.9 Å². The highest BCUT2D eigenvalue weighted by atomic mass is 16.4. The normalized spacial score (nSPS) is 15.0. The number of aliphatic carboxylic acids is 1. The van der Waals surface area contributed by atoms with Gasteiger partial charge in [0.15, 0.2) is 0 Å². The van der Waals surface area contributed by atoms with Crippen LogP contribution in [0.2, 0.25) is 0 Å². The van der Waals surface area contributed by atoms with E-state index in [4.69, 9.17) is 5.73 Å². The van der Waals surface area contributed by atoms with Crippen LogP contribution in [-0.2, 0) is 32.0 Å². The molecule has 0 bridgehead atoms. The third kappa shape index (κ3) is 8.40. The van der Waals surface area contributed by atoms with Crippen LogP contribution in [-0.4, -0.2) is 57.9 Å². The monoisotopic (exact) mass is 563 g/mol. The summed E-state index contributed by atoms with van der Waals surface area (Å²) in [6.07, 6.45) is 2.54. The van der Waals surface area contributed by atoms with Crippen LogP contribution in [0.15, 0.2) is 60.8 Å². The van der Waals surface area contributed by atoms with Crippen LogP contribution in [0.3, 0.4) is 0 Å². The molecule has 2 aromatic carbocycles. The molecule has 0 saturated carbocycles. The number of carboxylic acids is 1. The van der Waals surface area contributed by atoms with Gasteiger partial charge < -0.3 is 31.8 Å². The summed E-state index contributed by atoms with van der Waals surface area (Å²) in [6.45, 7) is 7.31. The maximum Gasteiger partial charge on any atom is 0.326 e. The van der Waals surface area contributed by atoms with Crippen molar-refractivity contribution >= 4 is 34.6 Å². The summed E-state index contributed by atoms with van der Waals surface area (Å²) in [5.74, 6) is -3.27. The van der Waals surface area contributed by atoms with E-state index in [2.05, 4.69) is 20.9 Å². The molecule has 1 aromatic heterocycles. The number of carboxylic acid groups (broad SMARTS) is 1. The van der Waals surface area contributed by atoms with Crippen molar-refractivity contribution in [1.29, 1.82) is 0 Å². The Labute approximate surface area is 240 Å². The maximum absolute atomic E-state index is 13.6. The SMILES string of the molecule is CCC(C)C(NC(=O)C(Cc1ccccc1)NC(=O)C(N)C(C)C)C(=O)NC(Cc1c[nH]c2ccccc12)C(=O)O. The Bertz CT molecular complexity index is 1340. The van der Waals surface area contributed by atoms with Gasteiger partial charge in [-0.15, -0.1) is 0 Å². The molecule has 0 aliphatic rings. The molecule has 7 N–H and O–H groups in total. The van der Waals surface area contributed by atoms with Gasteiger partial charge in [-0.3, -0.25) is 14.4 Å². The summed E-state index contributed by atoms with van der Waals surface area (Å²) in [4.78, 5) is 55.1. The van der Waals surface area contributed by atoms with Gasteiger partial charge in [0.1, 0.15) is 18.1 Å². The molecule has 0 radical (unpaired) electrons. The van der Waals surface area contributed by atoms with Gasteiger partial charge in [-0.05, 0) is 29.0 Å². The van der Waals surface area contributed by atoms with Gasteiger partial charge >= 0.3 is 5.97 Å². The molecule has 0 aliphatic heterocycles. The number of aromatic nitrogens is 1. The zero-order valence-electron chi connectivity index (χ0n) is 24.0. The van der Waals surface area contributed by atoms with Gasteiger partial charge in [0.25, 0.3) is 0 Å². The molecule has 3 rings (SSSR count). The lowest BCUT2D eigenvalue weighted by molar-refractivity contribution is -0.142. The van der Waals surface area contributed by atoms with Crippen LogP contribution in [0.4, 0.5) is 0 Å². The van der Waals surface area contributed by atoms with Crippen LogP contribution >= 0.6 is 0 Å². The Balaban J connectivity index is 1.80. The van der Waals surface area contributed by atoms with Crippen molar-refractivity contribution in [2.24, 2.45) is 17.6 Å². The number of amides is 3. The fourth-order valence-corrected chi connectivity index (χ4v) is 4.57. The fourth-order valence-electron chi connectivity index (χ4n) is 4.57. The quantitative estimate of drug-likeness (QED) is 0.176. The second-order valence-corrected chi connectivity index (χ2v) is 10.9. The number of hydrogen-bond acceptors (Lipinski definition) is 5. The van der Waals surface area contributed by atoms with Crippen LogP contribution in [0.1, 0.15) is 45.2 Å². The van der Waals surface area contributed by atoms with E-state index in [9.17, 15) is 24.3 Å². The number of para-hydroxylation sites is 1. The van der Waals surface area contributed by atoms with Gasteiger partial charge in [0, 0.05) is 29.9 Å². The molecule has 0 aliphatic carbocycles. The largest absolute Gasteiger partial charge is 0.480 e. The van der Waals surface area contributed by atoms with E-state index in [0.29, 0.717) is 6.42 Å².